The van der Waals surface area contributed by atoms with E-state index in [-0.39, 0.29) is 25.1 Å². The van der Waals surface area contributed by atoms with Crippen molar-refractivity contribution in [3.05, 3.63) is 35.1 Å². The van der Waals surface area contributed by atoms with E-state index in [2.05, 4.69) is 16.7 Å². The molecule has 0 radical (unpaired) electrons. The molecule has 2 rings (SSSR count). The zero-order chi connectivity index (χ0) is 14.4. The fourth-order valence-electron chi connectivity index (χ4n) is 2.55. The summed E-state index contributed by atoms with van der Waals surface area (Å²) >= 11 is 0. The third kappa shape index (κ3) is 3.80. The molecule has 0 amide bonds. The normalized spacial score (nSPS) is 18.9. The van der Waals surface area contributed by atoms with E-state index in [0.717, 1.165) is 24.9 Å². The van der Waals surface area contributed by atoms with Crippen LogP contribution in [0.2, 0.25) is 0 Å². The molecule has 0 bridgehead atoms. The summed E-state index contributed by atoms with van der Waals surface area (Å²) in [6.45, 7) is 1.80. The van der Waals surface area contributed by atoms with Crippen LogP contribution in [0, 0.1) is 17.7 Å². The van der Waals surface area contributed by atoms with Gasteiger partial charge in [0.15, 0.2) is 0 Å². The van der Waals surface area contributed by atoms with Crippen molar-refractivity contribution in [1.82, 2.24) is 4.90 Å². The molecule has 1 aliphatic rings. The van der Waals surface area contributed by atoms with Crippen LogP contribution in [0.25, 0.3) is 0 Å². The predicted molar refractivity (Wildman–Crippen MR) is 75.5 cm³/mol. The van der Waals surface area contributed by atoms with Gasteiger partial charge in [0.25, 0.3) is 0 Å². The maximum absolute atomic E-state index is 13.3. The predicted octanol–water partition coefficient (Wildman–Crippen LogP) is 1.52. The molecule has 0 aromatic heterocycles. The van der Waals surface area contributed by atoms with E-state index in [4.69, 9.17) is 5.11 Å². The van der Waals surface area contributed by atoms with Crippen LogP contribution in [0.5, 0.6) is 0 Å². The van der Waals surface area contributed by atoms with Gasteiger partial charge >= 0.3 is 0 Å². The van der Waals surface area contributed by atoms with Crippen LogP contribution in [0.15, 0.2) is 18.2 Å². The number of aliphatic hydroxyl groups is 2. The van der Waals surface area contributed by atoms with Crippen LogP contribution >= 0.6 is 0 Å². The Morgan fingerprint density at radius 1 is 1.35 bits per heavy atom. The van der Waals surface area contributed by atoms with E-state index in [1.54, 1.807) is 6.07 Å². The maximum Gasteiger partial charge on any atom is 0.124 e. The topological polar surface area (TPSA) is 43.7 Å². The Kier molecular flexibility index (Phi) is 5.54. The second kappa shape index (κ2) is 7.39. The number of halogens is 1. The fourth-order valence-corrected chi connectivity index (χ4v) is 2.55. The summed E-state index contributed by atoms with van der Waals surface area (Å²) in [6.07, 6.45) is 2.47. The Morgan fingerprint density at radius 3 is 2.95 bits per heavy atom. The first kappa shape index (κ1) is 15.0. The van der Waals surface area contributed by atoms with Crippen LogP contribution < -0.4 is 0 Å². The maximum atomic E-state index is 13.3. The molecule has 0 aliphatic carbocycles. The van der Waals surface area contributed by atoms with Gasteiger partial charge in [-0.05, 0) is 37.1 Å². The number of benzene rings is 1. The van der Waals surface area contributed by atoms with Crippen molar-refractivity contribution < 1.29 is 14.6 Å². The molecule has 1 aromatic carbocycles. The summed E-state index contributed by atoms with van der Waals surface area (Å²) in [5.41, 5.74) is 1.64. The van der Waals surface area contributed by atoms with E-state index in [0.29, 0.717) is 18.5 Å². The van der Waals surface area contributed by atoms with Gasteiger partial charge in [-0.3, -0.25) is 4.90 Å². The molecule has 2 N–H and O–H groups in total. The summed E-state index contributed by atoms with van der Waals surface area (Å²) in [6, 6.07) is 4.82. The summed E-state index contributed by atoms with van der Waals surface area (Å²) < 4.78 is 13.3. The number of hydrogen-bond acceptors (Lipinski definition) is 3. The number of rotatable bonds is 4. The standard InChI is InChI=1S/C16H20FNO2/c17-15-7-6-14(13(10-15)4-1-2-9-19)11-18-8-3-5-16(18)12-20/h6-7,10,16,19-20H,2-3,5,8-9,11-12H2. The first-order valence-electron chi connectivity index (χ1n) is 6.97. The largest absolute Gasteiger partial charge is 0.395 e. The molecule has 1 aromatic rings. The van der Waals surface area contributed by atoms with Crippen LogP contribution in [-0.2, 0) is 6.54 Å². The van der Waals surface area contributed by atoms with Gasteiger partial charge < -0.3 is 10.2 Å². The third-order valence-electron chi connectivity index (χ3n) is 3.62. The smallest absolute Gasteiger partial charge is 0.124 e. The van der Waals surface area contributed by atoms with Gasteiger partial charge in [-0.25, -0.2) is 4.39 Å². The molecule has 20 heavy (non-hydrogen) atoms. The SMILES string of the molecule is OCCC#Cc1cc(F)ccc1CN1CCCC1CO. The molecule has 1 aliphatic heterocycles. The van der Waals surface area contributed by atoms with Crippen molar-refractivity contribution in [2.45, 2.75) is 31.8 Å². The number of aliphatic hydroxyl groups excluding tert-OH is 2. The highest BCUT2D eigenvalue weighted by Gasteiger charge is 2.24. The van der Waals surface area contributed by atoms with Gasteiger partial charge in [0.2, 0.25) is 0 Å². The van der Waals surface area contributed by atoms with E-state index >= 15 is 0 Å². The van der Waals surface area contributed by atoms with E-state index in [9.17, 15) is 9.50 Å². The van der Waals surface area contributed by atoms with Crippen molar-refractivity contribution in [2.24, 2.45) is 0 Å². The first-order chi connectivity index (χ1) is 9.74. The monoisotopic (exact) mass is 277 g/mol. The Hall–Kier alpha value is -1.41. The number of hydrogen-bond donors (Lipinski definition) is 2. The van der Waals surface area contributed by atoms with Crippen molar-refractivity contribution in [1.29, 1.82) is 0 Å². The Labute approximate surface area is 119 Å². The van der Waals surface area contributed by atoms with E-state index in [1.165, 1.54) is 12.1 Å². The molecule has 108 valence electrons. The molecule has 0 spiro atoms. The fraction of sp³-hybridized carbons (Fsp3) is 0.500. The lowest BCUT2D eigenvalue weighted by atomic mass is 10.1. The van der Waals surface area contributed by atoms with Crippen LogP contribution in [0.1, 0.15) is 30.4 Å². The Morgan fingerprint density at radius 2 is 2.20 bits per heavy atom. The van der Waals surface area contributed by atoms with Crippen LogP contribution in [0.4, 0.5) is 4.39 Å². The van der Waals surface area contributed by atoms with Gasteiger partial charge in [-0.1, -0.05) is 17.9 Å². The molecule has 4 heteroatoms. The number of nitrogens with zero attached hydrogens (tertiary/aromatic N) is 1. The van der Waals surface area contributed by atoms with Gasteiger partial charge in [0, 0.05) is 24.6 Å². The van der Waals surface area contributed by atoms with Gasteiger partial charge in [-0.2, -0.15) is 0 Å². The molecule has 1 fully saturated rings. The summed E-state index contributed by atoms with van der Waals surface area (Å²) in [7, 11) is 0. The molecule has 1 heterocycles. The minimum Gasteiger partial charge on any atom is -0.395 e. The lowest BCUT2D eigenvalue weighted by Gasteiger charge is -2.23. The van der Waals surface area contributed by atoms with Gasteiger partial charge in [-0.15, -0.1) is 0 Å². The molecule has 1 atom stereocenters. The molecular formula is C16H20FNO2. The van der Waals surface area contributed by atoms with Gasteiger partial charge in [0.1, 0.15) is 5.82 Å². The summed E-state index contributed by atoms with van der Waals surface area (Å²) in [5.74, 6) is 5.45. The minimum absolute atomic E-state index is 0.0103. The average molecular weight is 277 g/mol. The second-order valence-corrected chi connectivity index (χ2v) is 5.03. The van der Waals surface area contributed by atoms with Crippen LogP contribution in [-0.4, -0.2) is 40.9 Å². The quantitative estimate of drug-likeness (QED) is 0.820. The first-order valence-corrected chi connectivity index (χ1v) is 6.97. The molecule has 0 saturated carbocycles. The van der Waals surface area contributed by atoms with Crippen molar-refractivity contribution in [2.75, 3.05) is 19.8 Å². The van der Waals surface area contributed by atoms with Crippen molar-refractivity contribution in [3.8, 4) is 11.8 Å². The van der Waals surface area contributed by atoms with Crippen molar-refractivity contribution in [3.63, 3.8) is 0 Å². The molecule has 1 saturated heterocycles. The summed E-state index contributed by atoms with van der Waals surface area (Å²) in [5, 5.41) is 18.1. The van der Waals surface area contributed by atoms with E-state index < -0.39 is 0 Å². The summed E-state index contributed by atoms with van der Waals surface area (Å²) in [4.78, 5) is 2.21. The molecule has 3 nitrogen and oxygen atoms in total. The Bertz CT molecular complexity index is 507. The zero-order valence-corrected chi connectivity index (χ0v) is 11.5. The minimum atomic E-state index is -0.304. The van der Waals surface area contributed by atoms with Gasteiger partial charge in [0.05, 0.1) is 13.2 Å². The lowest BCUT2D eigenvalue weighted by molar-refractivity contribution is 0.153. The zero-order valence-electron chi connectivity index (χ0n) is 11.5. The highest BCUT2D eigenvalue weighted by molar-refractivity contribution is 5.41. The van der Waals surface area contributed by atoms with Crippen molar-refractivity contribution >= 4 is 0 Å². The van der Waals surface area contributed by atoms with E-state index in [1.807, 2.05) is 0 Å². The van der Waals surface area contributed by atoms with Crippen LogP contribution in [0.3, 0.4) is 0 Å². The lowest BCUT2D eigenvalue weighted by Crippen LogP contribution is -2.31. The third-order valence-corrected chi connectivity index (χ3v) is 3.62. The molecular weight excluding hydrogens is 257 g/mol. The Balaban J connectivity index is 2.16. The molecule has 1 unspecified atom stereocenters. The average Bonchev–Trinajstić information content (AvgIpc) is 2.89. The highest BCUT2D eigenvalue weighted by Crippen LogP contribution is 2.21. The second-order valence-electron chi connectivity index (χ2n) is 5.03. The highest BCUT2D eigenvalue weighted by atomic mass is 19.1. The number of likely N-dealkylation sites (tertiary alicyclic amines) is 1.